The molecule has 2 fully saturated rings. The first-order chi connectivity index (χ1) is 11.1. The third-order valence-corrected chi connectivity index (χ3v) is 5.16. The zero-order valence-electron chi connectivity index (χ0n) is 13.7. The minimum Gasteiger partial charge on any atom is -0.371 e. The summed E-state index contributed by atoms with van der Waals surface area (Å²) >= 11 is 0. The van der Waals surface area contributed by atoms with Crippen molar-refractivity contribution in [3.63, 3.8) is 0 Å². The van der Waals surface area contributed by atoms with Gasteiger partial charge in [-0.3, -0.25) is 9.59 Å². The van der Waals surface area contributed by atoms with Crippen molar-refractivity contribution in [2.45, 2.75) is 38.6 Å². The van der Waals surface area contributed by atoms with Crippen molar-refractivity contribution in [1.29, 1.82) is 0 Å². The van der Waals surface area contributed by atoms with E-state index in [4.69, 9.17) is 5.73 Å². The molecule has 2 aliphatic rings. The van der Waals surface area contributed by atoms with Crippen LogP contribution in [-0.4, -0.2) is 42.4 Å². The molecule has 5 heteroatoms. The van der Waals surface area contributed by atoms with E-state index in [0.29, 0.717) is 13.0 Å². The largest absolute Gasteiger partial charge is 0.371 e. The fourth-order valence-electron chi connectivity index (χ4n) is 3.85. The van der Waals surface area contributed by atoms with E-state index < -0.39 is 6.04 Å². The molecule has 0 radical (unpaired) electrons. The van der Waals surface area contributed by atoms with Crippen molar-refractivity contribution in [2.75, 3.05) is 24.5 Å². The van der Waals surface area contributed by atoms with Crippen molar-refractivity contribution in [1.82, 2.24) is 4.90 Å². The normalized spacial score (nSPS) is 22.4. The number of benzene rings is 1. The number of aryl methyl sites for hydroxylation is 1. The van der Waals surface area contributed by atoms with E-state index in [9.17, 15) is 9.59 Å². The molecule has 2 amide bonds. The van der Waals surface area contributed by atoms with E-state index in [1.54, 1.807) is 4.90 Å². The first-order valence-corrected chi connectivity index (χ1v) is 8.48. The van der Waals surface area contributed by atoms with Crippen LogP contribution < -0.4 is 10.6 Å². The van der Waals surface area contributed by atoms with Gasteiger partial charge in [0.25, 0.3) is 0 Å². The van der Waals surface area contributed by atoms with Crippen LogP contribution in [0, 0.1) is 12.8 Å². The Kier molecular flexibility index (Phi) is 4.55. The van der Waals surface area contributed by atoms with Gasteiger partial charge in [-0.1, -0.05) is 18.2 Å². The zero-order valence-corrected chi connectivity index (χ0v) is 13.7. The van der Waals surface area contributed by atoms with Gasteiger partial charge in [-0.05, 0) is 44.2 Å². The van der Waals surface area contributed by atoms with Gasteiger partial charge in [0.2, 0.25) is 11.8 Å². The zero-order chi connectivity index (χ0) is 16.4. The van der Waals surface area contributed by atoms with Gasteiger partial charge in [0.15, 0.2) is 0 Å². The molecule has 2 saturated heterocycles. The summed E-state index contributed by atoms with van der Waals surface area (Å²) in [5, 5.41) is 0. The molecule has 1 aromatic carbocycles. The average Bonchev–Trinajstić information content (AvgIpc) is 3.05. The maximum atomic E-state index is 12.7. The molecule has 3 rings (SSSR count). The topological polar surface area (TPSA) is 66.6 Å². The number of nitrogens with zero attached hydrogens (tertiary/aromatic N) is 2. The molecule has 2 heterocycles. The highest BCUT2D eigenvalue weighted by Gasteiger charge is 2.37. The Morgan fingerprint density at radius 2 is 1.78 bits per heavy atom. The van der Waals surface area contributed by atoms with E-state index in [2.05, 4.69) is 30.0 Å². The lowest BCUT2D eigenvalue weighted by Gasteiger charge is -2.36. The van der Waals surface area contributed by atoms with Gasteiger partial charge in [0.05, 0.1) is 0 Å². The van der Waals surface area contributed by atoms with E-state index in [1.165, 1.54) is 11.3 Å². The van der Waals surface area contributed by atoms with Crippen molar-refractivity contribution in [2.24, 2.45) is 11.7 Å². The number of nitrogens with two attached hydrogens (primary N) is 1. The Morgan fingerprint density at radius 3 is 2.43 bits per heavy atom. The van der Waals surface area contributed by atoms with Crippen molar-refractivity contribution in [3.05, 3.63) is 29.8 Å². The molecule has 2 aliphatic heterocycles. The third kappa shape index (κ3) is 3.19. The van der Waals surface area contributed by atoms with E-state index in [0.717, 1.165) is 32.4 Å². The summed E-state index contributed by atoms with van der Waals surface area (Å²) in [5.74, 6) is -0.223. The molecule has 5 nitrogen and oxygen atoms in total. The summed E-state index contributed by atoms with van der Waals surface area (Å²) in [6.07, 6.45) is 3.27. The number of anilines is 1. The molecule has 0 spiro atoms. The molecule has 23 heavy (non-hydrogen) atoms. The maximum Gasteiger partial charge on any atom is 0.240 e. The number of likely N-dealkylation sites (tertiary alicyclic amines) is 1. The molecule has 1 atom stereocenters. The van der Waals surface area contributed by atoms with Gasteiger partial charge < -0.3 is 15.5 Å². The van der Waals surface area contributed by atoms with Crippen molar-refractivity contribution >= 4 is 17.5 Å². The number of carbonyl (C=O) groups excluding carboxylic acids is 2. The van der Waals surface area contributed by atoms with Crippen LogP contribution in [-0.2, 0) is 9.59 Å². The highest BCUT2D eigenvalue weighted by molar-refractivity contribution is 5.88. The maximum absolute atomic E-state index is 12.7. The average molecular weight is 315 g/mol. The highest BCUT2D eigenvalue weighted by Crippen LogP contribution is 2.29. The Balaban J connectivity index is 1.62. The Bertz CT molecular complexity index is 594. The van der Waals surface area contributed by atoms with Crippen LogP contribution in [0.1, 0.15) is 31.2 Å². The van der Waals surface area contributed by atoms with Crippen LogP contribution in [0.2, 0.25) is 0 Å². The second-order valence-corrected chi connectivity index (χ2v) is 6.64. The van der Waals surface area contributed by atoms with Crippen LogP contribution in [0.25, 0.3) is 0 Å². The van der Waals surface area contributed by atoms with E-state index >= 15 is 0 Å². The fourth-order valence-corrected chi connectivity index (χ4v) is 3.85. The summed E-state index contributed by atoms with van der Waals surface area (Å²) < 4.78 is 0. The van der Waals surface area contributed by atoms with Crippen molar-refractivity contribution in [3.8, 4) is 0 Å². The number of amides is 2. The van der Waals surface area contributed by atoms with Gasteiger partial charge in [-0.2, -0.15) is 0 Å². The van der Waals surface area contributed by atoms with Gasteiger partial charge in [-0.15, -0.1) is 0 Å². The van der Waals surface area contributed by atoms with Gasteiger partial charge >= 0.3 is 0 Å². The van der Waals surface area contributed by atoms with Gasteiger partial charge in [0, 0.05) is 31.2 Å². The number of primary amides is 1. The predicted octanol–water partition coefficient (Wildman–Crippen LogP) is 1.69. The number of hydrogen-bond acceptors (Lipinski definition) is 3. The van der Waals surface area contributed by atoms with Gasteiger partial charge in [-0.25, -0.2) is 0 Å². The molecular formula is C18H25N3O2. The molecule has 1 aromatic rings. The molecule has 0 bridgehead atoms. The van der Waals surface area contributed by atoms with Crippen molar-refractivity contribution < 1.29 is 9.59 Å². The molecule has 0 saturated carbocycles. The van der Waals surface area contributed by atoms with Gasteiger partial charge in [0.1, 0.15) is 6.04 Å². The lowest BCUT2D eigenvalue weighted by Crippen LogP contribution is -2.48. The summed E-state index contributed by atoms with van der Waals surface area (Å²) in [4.78, 5) is 28.3. The summed E-state index contributed by atoms with van der Waals surface area (Å²) in [6.45, 7) is 4.56. The third-order valence-electron chi connectivity index (χ3n) is 5.16. The predicted molar refractivity (Wildman–Crippen MR) is 90.0 cm³/mol. The minimum atomic E-state index is -0.392. The second kappa shape index (κ2) is 6.60. The number of rotatable bonds is 3. The van der Waals surface area contributed by atoms with Crippen LogP contribution in [0.15, 0.2) is 24.3 Å². The standard InChI is InChI=1S/C18H25N3O2/c1-13-5-2-3-6-15(13)20-11-8-14(9-12-20)18(23)21-10-4-7-16(21)17(19)22/h2-3,5-6,14,16H,4,7-12H2,1H3,(H2,19,22)/t16-/m0/s1. The summed E-state index contributed by atoms with van der Waals surface area (Å²) in [6, 6.07) is 7.97. The van der Waals surface area contributed by atoms with Crippen LogP contribution in [0.3, 0.4) is 0 Å². The number of para-hydroxylation sites is 1. The van der Waals surface area contributed by atoms with Crippen LogP contribution >= 0.6 is 0 Å². The lowest BCUT2D eigenvalue weighted by molar-refractivity contribution is -0.141. The number of carbonyl (C=O) groups is 2. The summed E-state index contributed by atoms with van der Waals surface area (Å²) in [7, 11) is 0. The Labute approximate surface area is 137 Å². The van der Waals surface area contributed by atoms with Crippen LogP contribution in [0.5, 0.6) is 0 Å². The monoisotopic (exact) mass is 315 g/mol. The Morgan fingerprint density at radius 1 is 1.09 bits per heavy atom. The molecule has 0 aromatic heterocycles. The van der Waals surface area contributed by atoms with E-state index in [1.807, 2.05) is 6.07 Å². The SMILES string of the molecule is Cc1ccccc1N1CCC(C(=O)N2CCC[C@H]2C(N)=O)CC1. The lowest BCUT2D eigenvalue weighted by atomic mass is 9.94. The number of piperidine rings is 1. The number of hydrogen-bond donors (Lipinski definition) is 1. The van der Waals surface area contributed by atoms with Crippen LogP contribution in [0.4, 0.5) is 5.69 Å². The summed E-state index contributed by atoms with van der Waals surface area (Å²) in [5.41, 5.74) is 7.96. The minimum absolute atomic E-state index is 0.0234. The molecule has 2 N–H and O–H groups in total. The smallest absolute Gasteiger partial charge is 0.240 e. The molecule has 0 aliphatic carbocycles. The quantitative estimate of drug-likeness (QED) is 0.923. The first-order valence-electron chi connectivity index (χ1n) is 8.48. The second-order valence-electron chi connectivity index (χ2n) is 6.64. The van der Waals surface area contributed by atoms with E-state index in [-0.39, 0.29) is 17.7 Å². The molecule has 124 valence electrons. The highest BCUT2D eigenvalue weighted by atomic mass is 16.2. The molecule has 0 unspecified atom stereocenters. The molecular weight excluding hydrogens is 290 g/mol. The first kappa shape index (κ1) is 15.8. The fraction of sp³-hybridized carbons (Fsp3) is 0.556. The Hall–Kier alpha value is -2.04.